The van der Waals surface area contributed by atoms with Crippen molar-refractivity contribution < 1.29 is 9.66 Å². The topological polar surface area (TPSA) is 74.4 Å². The number of hydrogen-bond donors (Lipinski definition) is 0. The number of hydrogen-bond acceptors (Lipinski definition) is 4. The Kier molecular flexibility index (Phi) is 3.84. The molecule has 0 unspecified atom stereocenters. The molecule has 0 bridgehead atoms. The molecule has 0 amide bonds. The van der Waals surface area contributed by atoms with E-state index in [0.29, 0.717) is 23.4 Å². The van der Waals surface area contributed by atoms with Crippen molar-refractivity contribution >= 4 is 5.69 Å². The minimum atomic E-state index is -0.498. The first kappa shape index (κ1) is 13.8. The Morgan fingerprint density at radius 2 is 2.05 bits per heavy atom. The molecule has 0 saturated heterocycles. The van der Waals surface area contributed by atoms with Gasteiger partial charge in [0.05, 0.1) is 23.7 Å². The summed E-state index contributed by atoms with van der Waals surface area (Å²) in [6.45, 7) is 2.43. The standard InChI is InChI=1S/C14H14N2O4/c1-3-15-8-4-5-12(14(15)17)11-7-6-10(16(18)19)9-13(11)20-2/h4-9H,3H2,1-2H3. The number of nitro groups is 1. The summed E-state index contributed by atoms with van der Waals surface area (Å²) in [7, 11) is 1.42. The predicted octanol–water partition coefficient (Wildman–Crippen LogP) is 2.45. The molecule has 0 radical (unpaired) electrons. The van der Waals surface area contributed by atoms with Gasteiger partial charge in [0.1, 0.15) is 5.75 Å². The van der Waals surface area contributed by atoms with Crippen LogP contribution in [0.2, 0.25) is 0 Å². The van der Waals surface area contributed by atoms with Gasteiger partial charge < -0.3 is 9.30 Å². The van der Waals surface area contributed by atoms with E-state index >= 15 is 0 Å². The Bertz CT molecular complexity index is 707. The first-order chi connectivity index (χ1) is 9.58. The predicted molar refractivity (Wildman–Crippen MR) is 75.0 cm³/mol. The van der Waals surface area contributed by atoms with Crippen LogP contribution in [-0.2, 0) is 6.54 Å². The SMILES string of the molecule is CCn1cccc(-c2ccc([N+](=O)[O-])cc2OC)c1=O. The summed E-state index contributed by atoms with van der Waals surface area (Å²) in [6.07, 6.45) is 1.70. The third-order valence-electron chi connectivity index (χ3n) is 3.05. The van der Waals surface area contributed by atoms with E-state index in [4.69, 9.17) is 4.74 Å². The van der Waals surface area contributed by atoms with Gasteiger partial charge in [-0.2, -0.15) is 0 Å². The summed E-state index contributed by atoms with van der Waals surface area (Å²) in [6, 6.07) is 7.66. The maximum Gasteiger partial charge on any atom is 0.273 e. The van der Waals surface area contributed by atoms with Gasteiger partial charge in [0.25, 0.3) is 11.2 Å². The number of pyridine rings is 1. The van der Waals surface area contributed by atoms with Gasteiger partial charge in [0, 0.05) is 24.4 Å². The zero-order chi connectivity index (χ0) is 14.7. The molecule has 6 nitrogen and oxygen atoms in total. The quantitative estimate of drug-likeness (QED) is 0.634. The fourth-order valence-electron chi connectivity index (χ4n) is 2.01. The summed E-state index contributed by atoms with van der Waals surface area (Å²) in [4.78, 5) is 22.5. The highest BCUT2D eigenvalue weighted by molar-refractivity contribution is 5.71. The van der Waals surface area contributed by atoms with Crippen molar-refractivity contribution in [2.45, 2.75) is 13.5 Å². The maximum atomic E-state index is 12.3. The van der Waals surface area contributed by atoms with E-state index < -0.39 is 4.92 Å². The van der Waals surface area contributed by atoms with E-state index in [1.165, 1.54) is 25.3 Å². The first-order valence-corrected chi connectivity index (χ1v) is 6.10. The summed E-state index contributed by atoms with van der Waals surface area (Å²) >= 11 is 0. The van der Waals surface area contributed by atoms with Crippen molar-refractivity contribution in [3.8, 4) is 16.9 Å². The van der Waals surface area contributed by atoms with Crippen LogP contribution in [0.4, 0.5) is 5.69 Å². The number of non-ortho nitro benzene ring substituents is 1. The van der Waals surface area contributed by atoms with Crippen LogP contribution in [0.15, 0.2) is 41.3 Å². The number of ether oxygens (including phenoxy) is 1. The molecule has 2 rings (SSSR count). The Morgan fingerprint density at radius 1 is 1.30 bits per heavy atom. The van der Waals surface area contributed by atoms with Gasteiger partial charge in [0.2, 0.25) is 0 Å². The molecule has 0 spiro atoms. The first-order valence-electron chi connectivity index (χ1n) is 6.10. The van der Waals surface area contributed by atoms with Gasteiger partial charge in [0.15, 0.2) is 0 Å². The minimum Gasteiger partial charge on any atom is -0.496 e. The van der Waals surface area contributed by atoms with Crippen LogP contribution in [0.1, 0.15) is 6.92 Å². The molecule has 0 fully saturated rings. The van der Waals surface area contributed by atoms with Crippen molar-refractivity contribution in [2.75, 3.05) is 7.11 Å². The average molecular weight is 274 g/mol. The summed E-state index contributed by atoms with van der Waals surface area (Å²) in [5, 5.41) is 10.8. The van der Waals surface area contributed by atoms with Crippen LogP contribution in [0.3, 0.4) is 0 Å². The molecule has 0 saturated carbocycles. The van der Waals surface area contributed by atoms with Gasteiger partial charge in [-0.1, -0.05) is 0 Å². The zero-order valence-corrected chi connectivity index (χ0v) is 11.2. The van der Waals surface area contributed by atoms with E-state index in [9.17, 15) is 14.9 Å². The van der Waals surface area contributed by atoms with E-state index in [1.807, 2.05) is 6.92 Å². The molecule has 104 valence electrons. The normalized spacial score (nSPS) is 10.3. The lowest BCUT2D eigenvalue weighted by Gasteiger charge is -2.09. The van der Waals surface area contributed by atoms with Crippen molar-refractivity contribution in [2.24, 2.45) is 0 Å². The maximum absolute atomic E-state index is 12.3. The second-order valence-electron chi connectivity index (χ2n) is 4.15. The van der Waals surface area contributed by atoms with E-state index in [-0.39, 0.29) is 11.2 Å². The van der Waals surface area contributed by atoms with Crippen LogP contribution in [0.25, 0.3) is 11.1 Å². The third kappa shape index (κ3) is 2.40. The second-order valence-corrected chi connectivity index (χ2v) is 4.15. The minimum absolute atomic E-state index is 0.0719. The second kappa shape index (κ2) is 5.56. The highest BCUT2D eigenvalue weighted by atomic mass is 16.6. The van der Waals surface area contributed by atoms with Crippen molar-refractivity contribution in [3.63, 3.8) is 0 Å². The molecular weight excluding hydrogens is 260 g/mol. The lowest BCUT2D eigenvalue weighted by Crippen LogP contribution is -2.19. The number of nitrogens with zero attached hydrogens (tertiary/aromatic N) is 2. The molecule has 2 aromatic rings. The van der Waals surface area contributed by atoms with Gasteiger partial charge in [-0.3, -0.25) is 14.9 Å². The molecule has 20 heavy (non-hydrogen) atoms. The summed E-state index contributed by atoms with van der Waals surface area (Å²) < 4.78 is 6.73. The lowest BCUT2D eigenvalue weighted by molar-refractivity contribution is -0.384. The number of benzene rings is 1. The van der Waals surface area contributed by atoms with Gasteiger partial charge in [-0.25, -0.2) is 0 Å². The molecule has 0 N–H and O–H groups in total. The molecule has 0 atom stereocenters. The Balaban J connectivity index is 2.64. The van der Waals surface area contributed by atoms with E-state index in [1.54, 1.807) is 22.9 Å². The zero-order valence-electron chi connectivity index (χ0n) is 11.2. The highest BCUT2D eigenvalue weighted by Gasteiger charge is 2.15. The third-order valence-corrected chi connectivity index (χ3v) is 3.05. The van der Waals surface area contributed by atoms with Crippen molar-refractivity contribution in [1.82, 2.24) is 4.57 Å². The fourth-order valence-corrected chi connectivity index (χ4v) is 2.01. The average Bonchev–Trinajstić information content (AvgIpc) is 2.47. The number of rotatable bonds is 4. The van der Waals surface area contributed by atoms with Crippen LogP contribution >= 0.6 is 0 Å². The molecule has 0 aliphatic carbocycles. The lowest BCUT2D eigenvalue weighted by atomic mass is 10.1. The molecule has 1 aromatic carbocycles. The van der Waals surface area contributed by atoms with E-state index in [2.05, 4.69) is 0 Å². The molecule has 1 heterocycles. The summed E-state index contributed by atoms with van der Waals surface area (Å²) in [5.41, 5.74) is 0.784. The molecule has 6 heteroatoms. The van der Waals surface area contributed by atoms with E-state index in [0.717, 1.165) is 0 Å². The van der Waals surface area contributed by atoms with Crippen LogP contribution in [0, 0.1) is 10.1 Å². The molecule has 0 aliphatic rings. The Morgan fingerprint density at radius 3 is 2.65 bits per heavy atom. The number of aromatic nitrogens is 1. The van der Waals surface area contributed by atoms with Gasteiger partial charge >= 0.3 is 0 Å². The molecule has 1 aromatic heterocycles. The highest BCUT2D eigenvalue weighted by Crippen LogP contribution is 2.31. The van der Waals surface area contributed by atoms with Gasteiger partial charge in [-0.15, -0.1) is 0 Å². The van der Waals surface area contributed by atoms with Crippen LogP contribution in [0.5, 0.6) is 5.75 Å². The fraction of sp³-hybridized carbons (Fsp3) is 0.214. The number of nitro benzene ring substituents is 1. The van der Waals surface area contributed by atoms with Crippen LogP contribution in [-0.4, -0.2) is 16.6 Å². The largest absolute Gasteiger partial charge is 0.496 e. The van der Waals surface area contributed by atoms with Crippen molar-refractivity contribution in [1.29, 1.82) is 0 Å². The Labute approximate surface area is 115 Å². The monoisotopic (exact) mass is 274 g/mol. The number of methoxy groups -OCH3 is 1. The Hall–Kier alpha value is -2.63. The summed E-state index contributed by atoms with van der Waals surface area (Å²) in [5.74, 6) is 0.310. The van der Waals surface area contributed by atoms with Crippen molar-refractivity contribution in [3.05, 3.63) is 57.0 Å². The smallest absolute Gasteiger partial charge is 0.273 e. The van der Waals surface area contributed by atoms with Gasteiger partial charge in [-0.05, 0) is 25.1 Å². The van der Waals surface area contributed by atoms with Crippen LogP contribution < -0.4 is 10.3 Å². The number of aryl methyl sites for hydroxylation is 1. The molecular formula is C14H14N2O4. The molecule has 0 aliphatic heterocycles.